The van der Waals surface area contributed by atoms with E-state index in [-0.39, 0.29) is 42.9 Å². The average Bonchev–Trinajstić information content (AvgIpc) is 2.86. The molecule has 2 fully saturated rings. The van der Waals surface area contributed by atoms with Crippen molar-refractivity contribution in [2.45, 2.75) is 44.8 Å². The second-order valence-corrected chi connectivity index (χ2v) is 5.81. The van der Waals surface area contributed by atoms with Gasteiger partial charge in [0, 0.05) is 13.1 Å². The molecule has 0 saturated carbocycles. The van der Waals surface area contributed by atoms with Crippen molar-refractivity contribution in [1.29, 1.82) is 0 Å². The van der Waals surface area contributed by atoms with Crippen molar-refractivity contribution in [3.63, 3.8) is 0 Å². The molecular weight excluding hydrogens is 313 g/mol. The zero-order valence-electron chi connectivity index (χ0n) is 12.7. The molecule has 2 heterocycles. The predicted molar refractivity (Wildman–Crippen MR) is 89.4 cm³/mol. The van der Waals surface area contributed by atoms with Gasteiger partial charge in [0.1, 0.15) is 0 Å². The van der Waals surface area contributed by atoms with E-state index in [1.807, 2.05) is 0 Å². The standard InChI is InChI=1S/C14H27N3O2.2ClH/c1-2-17-7-4-11(5-8-17)3-6-15-14(19)13-9-12(18)10-16-13;;/h11-13,16,18H,2-10H2,1H3,(H,15,19);2*1H. The zero-order valence-corrected chi connectivity index (χ0v) is 14.3. The number of nitrogens with one attached hydrogen (secondary N) is 2. The highest BCUT2D eigenvalue weighted by Crippen LogP contribution is 2.19. The van der Waals surface area contributed by atoms with E-state index in [0.717, 1.165) is 25.4 Å². The van der Waals surface area contributed by atoms with Gasteiger partial charge in [-0.25, -0.2) is 0 Å². The summed E-state index contributed by atoms with van der Waals surface area (Å²) in [7, 11) is 0. The van der Waals surface area contributed by atoms with Crippen LogP contribution in [0.25, 0.3) is 0 Å². The Morgan fingerprint density at radius 2 is 2.00 bits per heavy atom. The highest BCUT2D eigenvalue weighted by molar-refractivity contribution is 5.85. The Morgan fingerprint density at radius 1 is 1.33 bits per heavy atom. The molecule has 2 aliphatic rings. The number of likely N-dealkylation sites (tertiary alicyclic amines) is 1. The van der Waals surface area contributed by atoms with Crippen LogP contribution in [0.1, 0.15) is 32.6 Å². The molecule has 2 unspecified atom stereocenters. The van der Waals surface area contributed by atoms with Crippen LogP contribution < -0.4 is 10.6 Å². The van der Waals surface area contributed by atoms with Crippen molar-refractivity contribution in [2.24, 2.45) is 5.92 Å². The van der Waals surface area contributed by atoms with E-state index in [9.17, 15) is 9.90 Å². The summed E-state index contributed by atoms with van der Waals surface area (Å²) in [6.07, 6.45) is 3.77. The lowest BCUT2D eigenvalue weighted by atomic mass is 9.93. The third-order valence-electron chi connectivity index (χ3n) is 4.43. The summed E-state index contributed by atoms with van der Waals surface area (Å²) in [4.78, 5) is 14.3. The third kappa shape index (κ3) is 6.70. The van der Waals surface area contributed by atoms with Gasteiger partial charge in [-0.15, -0.1) is 24.8 Å². The highest BCUT2D eigenvalue weighted by Gasteiger charge is 2.27. The number of halogens is 2. The van der Waals surface area contributed by atoms with Crippen molar-refractivity contribution in [1.82, 2.24) is 15.5 Å². The summed E-state index contributed by atoms with van der Waals surface area (Å²) in [5.41, 5.74) is 0. The molecule has 0 spiro atoms. The molecule has 5 nitrogen and oxygen atoms in total. The number of nitrogens with zero attached hydrogens (tertiary/aromatic N) is 1. The number of rotatable bonds is 5. The van der Waals surface area contributed by atoms with Crippen LogP contribution in [0.4, 0.5) is 0 Å². The van der Waals surface area contributed by atoms with Crippen molar-refractivity contribution < 1.29 is 9.90 Å². The number of aliphatic hydroxyl groups is 1. The molecular formula is C14H29Cl2N3O2. The molecule has 0 bridgehead atoms. The fourth-order valence-electron chi connectivity index (χ4n) is 3.03. The van der Waals surface area contributed by atoms with Gasteiger partial charge in [-0.1, -0.05) is 6.92 Å². The Labute approximate surface area is 140 Å². The molecule has 126 valence electrons. The SMILES string of the molecule is CCN1CCC(CCNC(=O)C2CC(O)CN2)CC1.Cl.Cl. The summed E-state index contributed by atoms with van der Waals surface area (Å²) in [6.45, 7) is 7.07. The molecule has 1 amide bonds. The van der Waals surface area contributed by atoms with Gasteiger partial charge in [-0.3, -0.25) is 4.79 Å². The van der Waals surface area contributed by atoms with E-state index in [4.69, 9.17) is 0 Å². The summed E-state index contributed by atoms with van der Waals surface area (Å²) >= 11 is 0. The molecule has 0 radical (unpaired) electrons. The smallest absolute Gasteiger partial charge is 0.237 e. The lowest BCUT2D eigenvalue weighted by molar-refractivity contribution is -0.123. The van der Waals surface area contributed by atoms with Gasteiger partial charge in [0.2, 0.25) is 5.91 Å². The lowest BCUT2D eigenvalue weighted by Crippen LogP contribution is -2.41. The van der Waals surface area contributed by atoms with Gasteiger partial charge in [0.05, 0.1) is 12.1 Å². The van der Waals surface area contributed by atoms with Crippen molar-refractivity contribution in [3.05, 3.63) is 0 Å². The molecule has 2 rings (SSSR count). The number of amides is 1. The van der Waals surface area contributed by atoms with E-state index in [1.54, 1.807) is 0 Å². The maximum Gasteiger partial charge on any atom is 0.237 e. The second kappa shape index (κ2) is 10.6. The van der Waals surface area contributed by atoms with Gasteiger partial charge >= 0.3 is 0 Å². The monoisotopic (exact) mass is 341 g/mol. The highest BCUT2D eigenvalue weighted by atomic mass is 35.5. The zero-order chi connectivity index (χ0) is 13.7. The molecule has 21 heavy (non-hydrogen) atoms. The van der Waals surface area contributed by atoms with Crippen molar-refractivity contribution in [2.75, 3.05) is 32.7 Å². The molecule has 2 atom stereocenters. The molecule has 7 heteroatoms. The lowest BCUT2D eigenvalue weighted by Gasteiger charge is -2.31. The van der Waals surface area contributed by atoms with Gasteiger partial charge in [-0.2, -0.15) is 0 Å². The second-order valence-electron chi connectivity index (χ2n) is 5.81. The Hall–Kier alpha value is -0.0700. The van der Waals surface area contributed by atoms with Crippen LogP contribution in [0, 0.1) is 5.92 Å². The first-order valence-electron chi connectivity index (χ1n) is 7.60. The topological polar surface area (TPSA) is 64.6 Å². The molecule has 2 saturated heterocycles. The van der Waals surface area contributed by atoms with Crippen molar-refractivity contribution in [3.8, 4) is 0 Å². The number of hydrogen-bond donors (Lipinski definition) is 3. The third-order valence-corrected chi connectivity index (χ3v) is 4.43. The van der Waals surface area contributed by atoms with Gasteiger partial charge in [0.25, 0.3) is 0 Å². The summed E-state index contributed by atoms with van der Waals surface area (Å²) in [5, 5.41) is 15.4. The van der Waals surface area contributed by atoms with Crippen molar-refractivity contribution >= 4 is 30.7 Å². The Kier molecular flexibility index (Phi) is 10.6. The Balaban J connectivity index is 0.00000200. The van der Waals surface area contributed by atoms with Crippen LogP contribution in [0.2, 0.25) is 0 Å². The fourth-order valence-corrected chi connectivity index (χ4v) is 3.03. The largest absolute Gasteiger partial charge is 0.392 e. The fraction of sp³-hybridized carbons (Fsp3) is 0.929. The first kappa shape index (κ1) is 20.9. The summed E-state index contributed by atoms with van der Waals surface area (Å²) in [5.74, 6) is 0.799. The minimum Gasteiger partial charge on any atom is -0.392 e. The number of hydrogen-bond acceptors (Lipinski definition) is 4. The number of aliphatic hydroxyl groups excluding tert-OH is 1. The van der Waals surface area contributed by atoms with E-state index < -0.39 is 0 Å². The van der Waals surface area contributed by atoms with E-state index >= 15 is 0 Å². The van der Waals surface area contributed by atoms with E-state index in [2.05, 4.69) is 22.5 Å². The average molecular weight is 342 g/mol. The van der Waals surface area contributed by atoms with Crippen LogP contribution in [-0.2, 0) is 4.79 Å². The van der Waals surface area contributed by atoms with Gasteiger partial charge < -0.3 is 20.6 Å². The molecule has 2 aliphatic heterocycles. The molecule has 0 aromatic heterocycles. The minimum absolute atomic E-state index is 0. The molecule has 0 aromatic carbocycles. The number of β-amino-alcohol motifs (C(OH)–C–C–N with tert-alkyl or cyclic N) is 1. The summed E-state index contributed by atoms with van der Waals surface area (Å²) in [6, 6.07) is -0.197. The normalized spacial score (nSPS) is 26.8. The molecule has 3 N–H and O–H groups in total. The van der Waals surface area contributed by atoms with Crippen LogP contribution in [-0.4, -0.2) is 60.8 Å². The predicted octanol–water partition coefficient (Wildman–Crippen LogP) is 0.791. The first-order valence-corrected chi connectivity index (χ1v) is 7.60. The van der Waals surface area contributed by atoms with Crippen LogP contribution in [0.5, 0.6) is 0 Å². The maximum absolute atomic E-state index is 11.8. The van der Waals surface area contributed by atoms with E-state index in [0.29, 0.717) is 13.0 Å². The Bertz CT molecular complexity index is 300. The van der Waals surface area contributed by atoms with Crippen LogP contribution in [0.3, 0.4) is 0 Å². The number of carbonyl (C=O) groups excluding carboxylic acids is 1. The first-order chi connectivity index (χ1) is 9.19. The molecule has 0 aliphatic carbocycles. The van der Waals surface area contributed by atoms with Crippen LogP contribution in [0.15, 0.2) is 0 Å². The van der Waals surface area contributed by atoms with E-state index in [1.165, 1.54) is 25.9 Å². The number of piperidine rings is 1. The number of carbonyl (C=O) groups is 1. The van der Waals surface area contributed by atoms with Gasteiger partial charge in [-0.05, 0) is 51.2 Å². The molecule has 0 aromatic rings. The summed E-state index contributed by atoms with van der Waals surface area (Å²) < 4.78 is 0. The minimum atomic E-state index is -0.367. The van der Waals surface area contributed by atoms with Gasteiger partial charge in [0.15, 0.2) is 0 Å². The maximum atomic E-state index is 11.8. The quantitative estimate of drug-likeness (QED) is 0.691. The van der Waals surface area contributed by atoms with Crippen LogP contribution >= 0.6 is 24.8 Å². The Morgan fingerprint density at radius 3 is 2.52 bits per heavy atom.